The summed E-state index contributed by atoms with van der Waals surface area (Å²) in [5.74, 6) is -0.334. The number of aromatic nitrogens is 3. The number of benzene rings is 2. The molecule has 0 saturated heterocycles. The second-order valence-electron chi connectivity index (χ2n) is 6.07. The number of hydrogen-bond donors (Lipinski definition) is 2. The fourth-order valence-corrected chi connectivity index (χ4v) is 3.32. The summed E-state index contributed by atoms with van der Waals surface area (Å²) >= 11 is 1.12. The summed E-state index contributed by atoms with van der Waals surface area (Å²) in [6.45, 7) is 0.640. The highest BCUT2D eigenvalue weighted by Gasteiger charge is 2.18. The lowest BCUT2D eigenvalue weighted by Gasteiger charge is -2.10. The fraction of sp³-hybridized carbons (Fsp3) is 0.200. The molecule has 3 rings (SSSR count). The molecule has 0 radical (unpaired) electrons. The molecule has 0 atom stereocenters. The molecule has 0 aliphatic heterocycles. The normalized spacial score (nSPS) is 10.6. The number of nitrogens with zero attached hydrogens (tertiary/aromatic N) is 3. The minimum absolute atomic E-state index is 0.0498. The van der Waals surface area contributed by atoms with E-state index in [-0.39, 0.29) is 11.6 Å². The molecule has 30 heavy (non-hydrogen) atoms. The van der Waals surface area contributed by atoms with Gasteiger partial charge in [0.25, 0.3) is 0 Å². The molecular formula is C20H20FN5O3S. The first-order valence-corrected chi connectivity index (χ1v) is 10.0. The van der Waals surface area contributed by atoms with Crippen molar-refractivity contribution < 1.29 is 18.7 Å². The number of hydrogen-bond acceptors (Lipinski definition) is 6. The number of amides is 3. The average molecular weight is 429 g/mol. The maximum absolute atomic E-state index is 13.4. The van der Waals surface area contributed by atoms with Crippen LogP contribution in [0.3, 0.4) is 0 Å². The zero-order valence-electron chi connectivity index (χ0n) is 16.2. The highest BCUT2D eigenvalue weighted by molar-refractivity contribution is 7.99. The number of ether oxygens (including phenoxy) is 1. The van der Waals surface area contributed by atoms with E-state index in [1.165, 1.54) is 19.2 Å². The van der Waals surface area contributed by atoms with E-state index in [0.29, 0.717) is 29.8 Å². The van der Waals surface area contributed by atoms with Crippen molar-refractivity contribution in [3.8, 4) is 17.1 Å². The predicted octanol–water partition coefficient (Wildman–Crippen LogP) is 2.64. The van der Waals surface area contributed by atoms with Crippen LogP contribution in [0, 0.1) is 5.82 Å². The Morgan fingerprint density at radius 2 is 1.83 bits per heavy atom. The van der Waals surface area contributed by atoms with Crippen molar-refractivity contribution in [3.63, 3.8) is 0 Å². The van der Waals surface area contributed by atoms with Crippen LogP contribution in [-0.2, 0) is 9.53 Å². The van der Waals surface area contributed by atoms with Crippen LogP contribution < -0.4 is 10.6 Å². The monoisotopic (exact) mass is 429 g/mol. The number of rotatable bonds is 8. The van der Waals surface area contributed by atoms with Crippen molar-refractivity contribution in [1.82, 2.24) is 25.4 Å². The lowest BCUT2D eigenvalue weighted by atomic mass is 10.2. The SMILES string of the molecule is COCCNC(=O)NC(=O)CSc1nnc(-c2ccccc2)n1-c1ccc(F)cc1. The van der Waals surface area contributed by atoms with Gasteiger partial charge in [-0.25, -0.2) is 9.18 Å². The van der Waals surface area contributed by atoms with Crippen molar-refractivity contribution in [2.75, 3.05) is 26.0 Å². The Bertz CT molecular complexity index is 995. The Labute approximate surface area is 176 Å². The van der Waals surface area contributed by atoms with Gasteiger partial charge in [-0.1, -0.05) is 42.1 Å². The van der Waals surface area contributed by atoms with Crippen LogP contribution in [0.4, 0.5) is 9.18 Å². The van der Waals surface area contributed by atoms with Crippen LogP contribution >= 0.6 is 11.8 Å². The number of halogens is 1. The molecule has 2 aromatic carbocycles. The van der Waals surface area contributed by atoms with E-state index < -0.39 is 11.9 Å². The summed E-state index contributed by atoms with van der Waals surface area (Å²) in [5, 5.41) is 13.6. The molecule has 0 aliphatic carbocycles. The quantitative estimate of drug-likeness (QED) is 0.422. The van der Waals surface area contributed by atoms with Crippen LogP contribution in [0.5, 0.6) is 0 Å². The van der Waals surface area contributed by atoms with Gasteiger partial charge in [-0.2, -0.15) is 0 Å². The summed E-state index contributed by atoms with van der Waals surface area (Å²) in [6, 6.07) is 14.7. The van der Waals surface area contributed by atoms with E-state index in [9.17, 15) is 14.0 Å². The summed E-state index contributed by atoms with van der Waals surface area (Å²) < 4.78 is 20.0. The van der Waals surface area contributed by atoms with Gasteiger partial charge in [0.05, 0.1) is 12.4 Å². The summed E-state index contributed by atoms with van der Waals surface area (Å²) in [6.07, 6.45) is 0. The van der Waals surface area contributed by atoms with Gasteiger partial charge in [0, 0.05) is 24.9 Å². The smallest absolute Gasteiger partial charge is 0.321 e. The molecule has 0 aliphatic rings. The van der Waals surface area contributed by atoms with E-state index >= 15 is 0 Å². The van der Waals surface area contributed by atoms with Crippen LogP contribution in [0.1, 0.15) is 0 Å². The first-order chi connectivity index (χ1) is 14.6. The number of nitrogens with one attached hydrogen (secondary N) is 2. The van der Waals surface area contributed by atoms with Crippen LogP contribution in [-0.4, -0.2) is 52.7 Å². The molecule has 0 saturated carbocycles. The minimum atomic E-state index is -0.595. The van der Waals surface area contributed by atoms with Crippen molar-refractivity contribution in [2.45, 2.75) is 5.16 Å². The minimum Gasteiger partial charge on any atom is -0.383 e. The predicted molar refractivity (Wildman–Crippen MR) is 111 cm³/mol. The molecule has 8 nitrogen and oxygen atoms in total. The molecule has 1 heterocycles. The Kier molecular flexibility index (Phi) is 7.52. The lowest BCUT2D eigenvalue weighted by Crippen LogP contribution is -2.41. The lowest BCUT2D eigenvalue weighted by molar-refractivity contribution is -0.117. The van der Waals surface area contributed by atoms with E-state index in [1.807, 2.05) is 30.3 Å². The zero-order valence-corrected chi connectivity index (χ0v) is 17.0. The third-order valence-electron chi connectivity index (χ3n) is 3.93. The van der Waals surface area contributed by atoms with Crippen molar-refractivity contribution >= 4 is 23.7 Å². The Morgan fingerprint density at radius 1 is 1.10 bits per heavy atom. The van der Waals surface area contributed by atoms with Gasteiger partial charge >= 0.3 is 6.03 Å². The molecule has 0 spiro atoms. The topological polar surface area (TPSA) is 98.1 Å². The highest BCUT2D eigenvalue weighted by atomic mass is 32.2. The Morgan fingerprint density at radius 3 is 2.53 bits per heavy atom. The molecule has 0 fully saturated rings. The summed E-state index contributed by atoms with van der Waals surface area (Å²) in [7, 11) is 1.52. The fourth-order valence-electron chi connectivity index (χ4n) is 2.56. The maximum atomic E-state index is 13.4. The Balaban J connectivity index is 1.76. The van der Waals surface area contributed by atoms with Gasteiger partial charge in [-0.05, 0) is 24.3 Å². The zero-order chi connectivity index (χ0) is 21.3. The standard InChI is InChI=1S/C20H20FN5O3S/c1-29-12-11-22-19(28)23-17(27)13-30-20-25-24-18(14-5-3-2-4-6-14)26(20)16-9-7-15(21)8-10-16/h2-10H,11-13H2,1H3,(H2,22,23,27,28). The maximum Gasteiger partial charge on any atom is 0.321 e. The third kappa shape index (κ3) is 5.65. The molecule has 10 heteroatoms. The van der Waals surface area contributed by atoms with Crippen molar-refractivity contribution in [3.05, 3.63) is 60.4 Å². The first-order valence-electron chi connectivity index (χ1n) is 9.04. The molecule has 3 aromatic rings. The number of carbonyl (C=O) groups excluding carboxylic acids is 2. The van der Waals surface area contributed by atoms with Crippen molar-refractivity contribution in [1.29, 1.82) is 0 Å². The molecule has 2 N–H and O–H groups in total. The van der Waals surface area contributed by atoms with E-state index in [4.69, 9.17) is 4.74 Å². The van der Waals surface area contributed by atoms with Gasteiger partial charge in [-0.3, -0.25) is 14.7 Å². The van der Waals surface area contributed by atoms with Crippen LogP contribution in [0.25, 0.3) is 17.1 Å². The first kappa shape index (κ1) is 21.5. The average Bonchev–Trinajstić information content (AvgIpc) is 3.17. The van der Waals surface area contributed by atoms with Gasteiger partial charge in [0.2, 0.25) is 5.91 Å². The molecule has 156 valence electrons. The number of carbonyl (C=O) groups is 2. The van der Waals surface area contributed by atoms with Gasteiger partial charge < -0.3 is 10.1 Å². The number of thioether (sulfide) groups is 1. The summed E-state index contributed by atoms with van der Waals surface area (Å²) in [5.41, 5.74) is 1.48. The number of methoxy groups -OCH3 is 1. The Hall–Kier alpha value is -3.24. The molecule has 1 aromatic heterocycles. The number of imide groups is 1. The van der Waals surface area contributed by atoms with Gasteiger partial charge in [0.15, 0.2) is 11.0 Å². The second kappa shape index (κ2) is 10.5. The van der Waals surface area contributed by atoms with Gasteiger partial charge in [-0.15, -0.1) is 10.2 Å². The molecular weight excluding hydrogens is 409 g/mol. The van der Waals surface area contributed by atoms with Crippen LogP contribution in [0.15, 0.2) is 59.8 Å². The molecule has 3 amide bonds. The van der Waals surface area contributed by atoms with Crippen LogP contribution in [0.2, 0.25) is 0 Å². The van der Waals surface area contributed by atoms with E-state index in [0.717, 1.165) is 17.3 Å². The largest absolute Gasteiger partial charge is 0.383 e. The molecule has 0 unspecified atom stereocenters. The third-order valence-corrected chi connectivity index (χ3v) is 4.86. The van der Waals surface area contributed by atoms with Crippen molar-refractivity contribution in [2.24, 2.45) is 0 Å². The summed E-state index contributed by atoms with van der Waals surface area (Å²) in [4.78, 5) is 23.8. The van der Waals surface area contributed by atoms with E-state index in [1.54, 1.807) is 16.7 Å². The van der Waals surface area contributed by atoms with Gasteiger partial charge in [0.1, 0.15) is 5.82 Å². The second-order valence-corrected chi connectivity index (χ2v) is 7.01. The number of urea groups is 1. The van der Waals surface area contributed by atoms with E-state index in [2.05, 4.69) is 20.8 Å². The highest BCUT2D eigenvalue weighted by Crippen LogP contribution is 2.27. The molecule has 0 bridgehead atoms.